The second kappa shape index (κ2) is 9.38. The lowest BCUT2D eigenvalue weighted by Gasteiger charge is -2.35. The highest BCUT2D eigenvalue weighted by atomic mass is 32.1. The van der Waals surface area contributed by atoms with Gasteiger partial charge in [-0.3, -0.25) is 9.59 Å². The van der Waals surface area contributed by atoms with Gasteiger partial charge in [0.15, 0.2) is 0 Å². The molecule has 0 aliphatic carbocycles. The Morgan fingerprint density at radius 3 is 2.82 bits per heavy atom. The van der Waals surface area contributed by atoms with Crippen LogP contribution in [-0.4, -0.2) is 40.8 Å². The van der Waals surface area contributed by atoms with Crippen LogP contribution in [0.2, 0.25) is 0 Å². The number of likely N-dealkylation sites (tertiary alicyclic amines) is 1. The number of carbonyl (C=O) groups excluding carboxylic acids is 2. The summed E-state index contributed by atoms with van der Waals surface area (Å²) in [5, 5.41) is 4.64. The van der Waals surface area contributed by atoms with Crippen molar-refractivity contribution in [1.82, 2.24) is 15.2 Å². The van der Waals surface area contributed by atoms with Crippen LogP contribution in [0, 0.1) is 12.7 Å². The fourth-order valence-electron chi connectivity index (χ4n) is 4.46. The Morgan fingerprint density at radius 2 is 2.00 bits per heavy atom. The number of aromatic nitrogens is 1. The molecule has 0 radical (unpaired) electrons. The first kappa shape index (κ1) is 22.3. The fourth-order valence-corrected chi connectivity index (χ4v) is 5.38. The van der Waals surface area contributed by atoms with Crippen molar-refractivity contribution >= 4 is 34.1 Å². The number of nitrogens with one attached hydrogen (secondary N) is 1. The number of hydrogen-bond donors (Lipinski definition) is 1. The number of nitrogens with zero attached hydrogens (tertiary/aromatic N) is 2. The van der Waals surface area contributed by atoms with Crippen LogP contribution < -0.4 is 5.32 Å². The molecule has 1 atom stereocenters. The molecule has 4 aromatic rings. The number of piperidine rings is 1. The van der Waals surface area contributed by atoms with Crippen molar-refractivity contribution in [3.63, 3.8) is 0 Å². The third kappa shape index (κ3) is 4.33. The zero-order valence-corrected chi connectivity index (χ0v) is 19.5. The average molecular weight is 478 g/mol. The van der Waals surface area contributed by atoms with E-state index in [0.717, 1.165) is 40.1 Å². The summed E-state index contributed by atoms with van der Waals surface area (Å²) in [6.07, 6.45) is 4.25. The Kier molecular flexibility index (Phi) is 6.15. The molecule has 2 amide bonds. The van der Waals surface area contributed by atoms with Crippen LogP contribution in [0.1, 0.15) is 45.1 Å². The molecule has 3 heterocycles. The molecule has 0 spiro atoms. The van der Waals surface area contributed by atoms with Gasteiger partial charge < -0.3 is 14.6 Å². The average Bonchev–Trinajstić information content (AvgIpc) is 3.49. The number of rotatable bonds is 5. The molecule has 0 saturated carbocycles. The third-order valence-corrected chi connectivity index (χ3v) is 7.17. The highest BCUT2D eigenvalue weighted by Crippen LogP contribution is 2.32. The molecule has 34 heavy (non-hydrogen) atoms. The number of hydrogen-bond acceptors (Lipinski definition) is 5. The van der Waals surface area contributed by atoms with Gasteiger partial charge in [0.2, 0.25) is 0 Å². The van der Waals surface area contributed by atoms with Gasteiger partial charge in [-0.2, -0.15) is 0 Å². The highest BCUT2D eigenvalue weighted by Gasteiger charge is 2.31. The van der Waals surface area contributed by atoms with Crippen molar-refractivity contribution in [3.8, 4) is 10.4 Å². The van der Waals surface area contributed by atoms with Gasteiger partial charge in [-0.1, -0.05) is 24.3 Å². The summed E-state index contributed by atoms with van der Waals surface area (Å²) in [6.45, 7) is 2.81. The molecular formula is C26H24FN3O3S. The number of benzene rings is 2. The molecule has 174 valence electrons. The molecule has 0 unspecified atom stereocenters. The standard InChI is InChI=1S/C26H24FN3O3S/c1-16-29-22(24(34-16)18-8-10-19(27)11-9-18)26(32)30-13-3-2-6-20(30)15-28-25(31)21-7-4-5-17-12-14-33-23(17)21/h4-5,7-12,14,20H,2-3,6,13,15H2,1H3,(H,28,31)/t20-/m0/s1. The number of aryl methyl sites for hydroxylation is 1. The van der Waals surface area contributed by atoms with Gasteiger partial charge in [0.1, 0.15) is 17.1 Å². The van der Waals surface area contributed by atoms with Crippen molar-refractivity contribution in [2.45, 2.75) is 32.2 Å². The van der Waals surface area contributed by atoms with Gasteiger partial charge in [0.05, 0.1) is 21.7 Å². The molecule has 2 aromatic heterocycles. The Morgan fingerprint density at radius 1 is 1.18 bits per heavy atom. The number of amides is 2. The minimum atomic E-state index is -0.324. The van der Waals surface area contributed by atoms with Crippen LogP contribution in [-0.2, 0) is 0 Å². The van der Waals surface area contributed by atoms with Crippen LogP contribution in [0.4, 0.5) is 4.39 Å². The van der Waals surface area contributed by atoms with E-state index < -0.39 is 0 Å². The summed E-state index contributed by atoms with van der Waals surface area (Å²) in [4.78, 5) is 33.6. The van der Waals surface area contributed by atoms with E-state index in [4.69, 9.17) is 4.42 Å². The fraction of sp³-hybridized carbons (Fsp3) is 0.269. The highest BCUT2D eigenvalue weighted by molar-refractivity contribution is 7.15. The second-order valence-corrected chi connectivity index (χ2v) is 9.62. The number of thiazole rings is 1. The van der Waals surface area contributed by atoms with E-state index in [1.807, 2.05) is 30.0 Å². The largest absolute Gasteiger partial charge is 0.464 e. The van der Waals surface area contributed by atoms with Crippen molar-refractivity contribution in [2.24, 2.45) is 0 Å². The summed E-state index contributed by atoms with van der Waals surface area (Å²) in [5.41, 5.74) is 2.18. The summed E-state index contributed by atoms with van der Waals surface area (Å²) < 4.78 is 18.9. The van der Waals surface area contributed by atoms with Gasteiger partial charge in [-0.25, -0.2) is 9.37 Å². The molecule has 1 aliphatic heterocycles. The zero-order valence-electron chi connectivity index (χ0n) is 18.7. The monoisotopic (exact) mass is 477 g/mol. The van der Waals surface area contributed by atoms with Gasteiger partial charge in [-0.15, -0.1) is 11.3 Å². The molecule has 0 bridgehead atoms. The lowest BCUT2D eigenvalue weighted by molar-refractivity contribution is 0.0598. The van der Waals surface area contributed by atoms with E-state index in [0.29, 0.717) is 29.9 Å². The van der Waals surface area contributed by atoms with Crippen molar-refractivity contribution in [3.05, 3.63) is 76.9 Å². The normalized spacial score (nSPS) is 16.1. The molecule has 2 aromatic carbocycles. The number of fused-ring (bicyclic) bond motifs is 1. The first-order chi connectivity index (χ1) is 16.5. The lowest BCUT2D eigenvalue weighted by atomic mass is 10.0. The topological polar surface area (TPSA) is 75.4 Å². The molecule has 1 N–H and O–H groups in total. The van der Waals surface area contributed by atoms with E-state index in [1.165, 1.54) is 23.5 Å². The van der Waals surface area contributed by atoms with Crippen molar-refractivity contribution in [1.29, 1.82) is 0 Å². The second-order valence-electron chi connectivity index (χ2n) is 8.42. The van der Waals surface area contributed by atoms with Gasteiger partial charge >= 0.3 is 0 Å². The number of para-hydroxylation sites is 1. The number of carbonyl (C=O) groups is 2. The summed E-state index contributed by atoms with van der Waals surface area (Å²) in [7, 11) is 0. The maximum atomic E-state index is 13.6. The van der Waals surface area contributed by atoms with Crippen LogP contribution in [0.3, 0.4) is 0 Å². The van der Waals surface area contributed by atoms with E-state index in [1.54, 1.807) is 24.5 Å². The van der Waals surface area contributed by atoms with Crippen LogP contribution in [0.25, 0.3) is 21.4 Å². The Labute approximate surface area is 200 Å². The minimum absolute atomic E-state index is 0.135. The SMILES string of the molecule is Cc1nc(C(=O)N2CCCC[C@H]2CNC(=O)c2cccc3ccoc23)c(-c2ccc(F)cc2)s1. The maximum Gasteiger partial charge on any atom is 0.274 e. The van der Waals surface area contributed by atoms with E-state index in [2.05, 4.69) is 10.3 Å². The smallest absolute Gasteiger partial charge is 0.274 e. The maximum absolute atomic E-state index is 13.6. The summed E-state index contributed by atoms with van der Waals surface area (Å²) in [6, 6.07) is 13.2. The Bertz CT molecular complexity index is 1350. The quantitative estimate of drug-likeness (QED) is 0.416. The first-order valence-corrected chi connectivity index (χ1v) is 12.1. The van der Waals surface area contributed by atoms with Crippen LogP contribution >= 0.6 is 11.3 Å². The molecule has 1 fully saturated rings. The Balaban J connectivity index is 1.35. The van der Waals surface area contributed by atoms with Gasteiger partial charge in [-0.05, 0) is 56.0 Å². The predicted octanol–water partition coefficient (Wildman–Crippen LogP) is 5.43. The van der Waals surface area contributed by atoms with Gasteiger partial charge in [0.25, 0.3) is 11.8 Å². The van der Waals surface area contributed by atoms with Crippen molar-refractivity contribution in [2.75, 3.05) is 13.1 Å². The van der Waals surface area contributed by atoms with E-state index in [9.17, 15) is 14.0 Å². The molecule has 6 nitrogen and oxygen atoms in total. The number of halogens is 1. The zero-order chi connectivity index (χ0) is 23.7. The van der Waals surface area contributed by atoms with E-state index >= 15 is 0 Å². The number of furan rings is 1. The summed E-state index contributed by atoms with van der Waals surface area (Å²) >= 11 is 1.42. The van der Waals surface area contributed by atoms with Crippen molar-refractivity contribution < 1.29 is 18.4 Å². The molecular weight excluding hydrogens is 453 g/mol. The molecule has 1 saturated heterocycles. The minimum Gasteiger partial charge on any atom is -0.464 e. The first-order valence-electron chi connectivity index (χ1n) is 11.3. The predicted molar refractivity (Wildman–Crippen MR) is 129 cm³/mol. The van der Waals surface area contributed by atoms with Crippen LogP contribution in [0.15, 0.2) is 59.2 Å². The van der Waals surface area contributed by atoms with Crippen LogP contribution in [0.5, 0.6) is 0 Å². The molecule has 8 heteroatoms. The third-order valence-electron chi connectivity index (χ3n) is 6.15. The Hall–Kier alpha value is -3.52. The molecule has 1 aliphatic rings. The summed E-state index contributed by atoms with van der Waals surface area (Å²) in [5.74, 6) is -0.708. The molecule has 5 rings (SSSR count). The lowest BCUT2D eigenvalue weighted by Crippen LogP contribution is -2.49. The van der Waals surface area contributed by atoms with E-state index in [-0.39, 0.29) is 23.7 Å². The van der Waals surface area contributed by atoms with Gasteiger partial charge in [0, 0.05) is 24.5 Å².